The number of ether oxygens (including phenoxy) is 1. The van der Waals surface area contributed by atoms with Gasteiger partial charge in [0.1, 0.15) is 0 Å². The molecular weight excluding hydrogens is 186 g/mol. The van der Waals surface area contributed by atoms with Crippen molar-refractivity contribution in [1.29, 1.82) is 0 Å². The van der Waals surface area contributed by atoms with Crippen LogP contribution in [0.4, 0.5) is 0 Å². The minimum Gasteiger partial charge on any atom is -0.481 e. The predicted molar refractivity (Wildman–Crippen MR) is 48.1 cm³/mol. The highest BCUT2D eigenvalue weighted by Gasteiger charge is 2.13. The molecule has 0 amide bonds. The number of carboxylic acid groups (broad SMARTS) is 1. The first-order chi connectivity index (χ1) is 6.63. The molecule has 0 radical (unpaired) electrons. The monoisotopic (exact) mass is 197 g/mol. The topological polar surface area (TPSA) is 79.7 Å². The summed E-state index contributed by atoms with van der Waals surface area (Å²) in [5.41, 5.74) is 0.673. The molecule has 76 valence electrons. The molecule has 2 N–H and O–H groups in total. The lowest BCUT2D eigenvalue weighted by Gasteiger charge is -2.06. The van der Waals surface area contributed by atoms with Gasteiger partial charge in [-0.05, 0) is 11.6 Å². The molecule has 0 saturated heterocycles. The van der Waals surface area contributed by atoms with Crippen LogP contribution < -0.4 is 4.74 Å². The molecule has 0 saturated carbocycles. The Hall–Kier alpha value is -1.62. The molecule has 1 aromatic heterocycles. The first-order valence-electron chi connectivity index (χ1n) is 4.03. The second-order valence-corrected chi connectivity index (χ2v) is 2.76. The van der Waals surface area contributed by atoms with Crippen LogP contribution in [0.5, 0.6) is 5.88 Å². The quantitative estimate of drug-likeness (QED) is 0.714. The van der Waals surface area contributed by atoms with E-state index in [2.05, 4.69) is 4.98 Å². The molecule has 0 aromatic carbocycles. The van der Waals surface area contributed by atoms with Crippen molar-refractivity contribution >= 4 is 5.97 Å². The molecule has 5 heteroatoms. The lowest BCUT2D eigenvalue weighted by atomic mass is 10.1. The molecule has 14 heavy (non-hydrogen) atoms. The number of aromatic nitrogens is 1. The Bertz CT molecular complexity index is 326. The van der Waals surface area contributed by atoms with E-state index in [9.17, 15) is 4.79 Å². The lowest BCUT2D eigenvalue weighted by Crippen LogP contribution is -2.21. The van der Waals surface area contributed by atoms with Crippen LogP contribution >= 0.6 is 0 Å². The Balaban J connectivity index is 2.71. The van der Waals surface area contributed by atoms with E-state index in [-0.39, 0.29) is 6.42 Å². The number of aliphatic hydroxyl groups excluding tert-OH is 1. The zero-order valence-corrected chi connectivity index (χ0v) is 7.67. The summed E-state index contributed by atoms with van der Waals surface area (Å²) in [5, 5.41) is 17.6. The van der Waals surface area contributed by atoms with Gasteiger partial charge < -0.3 is 14.9 Å². The number of nitrogens with zero attached hydrogens (tertiary/aromatic N) is 1. The molecule has 0 aliphatic rings. The van der Waals surface area contributed by atoms with Crippen LogP contribution in [0.2, 0.25) is 0 Å². The molecule has 0 spiro atoms. The maximum absolute atomic E-state index is 10.4. The van der Waals surface area contributed by atoms with E-state index in [1.165, 1.54) is 13.3 Å². The molecule has 1 rings (SSSR count). The summed E-state index contributed by atoms with van der Waals surface area (Å²) in [7, 11) is 1.47. The van der Waals surface area contributed by atoms with Crippen LogP contribution in [0.25, 0.3) is 0 Å². The molecule has 1 aromatic rings. The summed E-state index contributed by atoms with van der Waals surface area (Å²) in [6.07, 6.45) is 0.166. The van der Waals surface area contributed by atoms with Crippen LogP contribution in [-0.2, 0) is 11.2 Å². The van der Waals surface area contributed by atoms with Gasteiger partial charge in [-0.25, -0.2) is 9.78 Å². The number of aliphatic carboxylic acids is 1. The van der Waals surface area contributed by atoms with Crippen LogP contribution in [0.15, 0.2) is 18.3 Å². The molecule has 1 atom stereocenters. The third-order valence-electron chi connectivity index (χ3n) is 1.72. The fourth-order valence-electron chi connectivity index (χ4n) is 1.000. The van der Waals surface area contributed by atoms with Crippen molar-refractivity contribution in [3.63, 3.8) is 0 Å². The largest absolute Gasteiger partial charge is 0.481 e. The maximum atomic E-state index is 10.4. The summed E-state index contributed by atoms with van der Waals surface area (Å²) in [6, 6.07) is 3.22. The SMILES string of the molecule is COc1cc(CC(O)C(=O)O)ccn1. The summed E-state index contributed by atoms with van der Waals surface area (Å²) < 4.78 is 4.86. The smallest absolute Gasteiger partial charge is 0.332 e. The van der Waals surface area contributed by atoms with Crippen LogP contribution in [0, 0.1) is 0 Å². The Morgan fingerprint density at radius 3 is 3.00 bits per heavy atom. The number of aliphatic hydroxyl groups is 1. The zero-order valence-electron chi connectivity index (χ0n) is 7.67. The first-order valence-corrected chi connectivity index (χ1v) is 4.03. The highest BCUT2D eigenvalue weighted by molar-refractivity contribution is 5.72. The standard InChI is InChI=1S/C9H11NO4/c1-14-8-5-6(2-3-10-8)4-7(11)9(12)13/h2-3,5,7,11H,4H2,1H3,(H,12,13). The van der Waals surface area contributed by atoms with Gasteiger partial charge in [-0.1, -0.05) is 0 Å². The van der Waals surface area contributed by atoms with Gasteiger partial charge in [0, 0.05) is 18.7 Å². The second kappa shape index (κ2) is 4.57. The third-order valence-corrected chi connectivity index (χ3v) is 1.72. The van der Waals surface area contributed by atoms with Crippen LogP contribution in [0.3, 0.4) is 0 Å². The highest BCUT2D eigenvalue weighted by Crippen LogP contribution is 2.10. The van der Waals surface area contributed by atoms with E-state index >= 15 is 0 Å². The minimum absolute atomic E-state index is 0.0498. The second-order valence-electron chi connectivity index (χ2n) is 2.76. The summed E-state index contributed by atoms with van der Waals surface area (Å²) >= 11 is 0. The Kier molecular flexibility index (Phi) is 3.41. The van der Waals surface area contributed by atoms with Crippen molar-refractivity contribution in [3.8, 4) is 5.88 Å². The molecular formula is C9H11NO4. The molecule has 5 nitrogen and oxygen atoms in total. The average Bonchev–Trinajstić information content (AvgIpc) is 2.18. The van der Waals surface area contributed by atoms with Gasteiger partial charge in [-0.2, -0.15) is 0 Å². The Morgan fingerprint density at radius 2 is 2.43 bits per heavy atom. The fraction of sp³-hybridized carbons (Fsp3) is 0.333. The van der Waals surface area contributed by atoms with Crippen molar-refractivity contribution in [2.24, 2.45) is 0 Å². The van der Waals surface area contributed by atoms with Gasteiger partial charge in [0.15, 0.2) is 6.10 Å². The third kappa shape index (κ3) is 2.70. The summed E-state index contributed by atoms with van der Waals surface area (Å²) in [4.78, 5) is 14.2. The van der Waals surface area contributed by atoms with E-state index in [0.717, 1.165) is 0 Å². The number of methoxy groups -OCH3 is 1. The van der Waals surface area contributed by atoms with Gasteiger partial charge >= 0.3 is 5.97 Å². The molecule has 0 bridgehead atoms. The normalized spacial score (nSPS) is 12.1. The van der Waals surface area contributed by atoms with Crippen molar-refractivity contribution in [2.75, 3.05) is 7.11 Å². The van der Waals surface area contributed by atoms with Gasteiger partial charge in [-0.3, -0.25) is 0 Å². The van der Waals surface area contributed by atoms with Crippen molar-refractivity contribution in [2.45, 2.75) is 12.5 Å². The number of rotatable bonds is 4. The van der Waals surface area contributed by atoms with Crippen molar-refractivity contribution < 1.29 is 19.7 Å². The van der Waals surface area contributed by atoms with Crippen molar-refractivity contribution in [3.05, 3.63) is 23.9 Å². The van der Waals surface area contributed by atoms with Gasteiger partial charge in [0.2, 0.25) is 5.88 Å². The van der Waals surface area contributed by atoms with Crippen LogP contribution in [0.1, 0.15) is 5.56 Å². The number of carbonyl (C=O) groups is 1. The molecule has 0 aliphatic heterocycles. The number of pyridine rings is 1. The van der Waals surface area contributed by atoms with Gasteiger partial charge in [-0.15, -0.1) is 0 Å². The summed E-state index contributed by atoms with van der Waals surface area (Å²) in [6.45, 7) is 0. The van der Waals surface area contributed by atoms with Gasteiger partial charge in [0.25, 0.3) is 0 Å². The summed E-state index contributed by atoms with van der Waals surface area (Å²) in [5.74, 6) is -0.833. The van der Waals surface area contributed by atoms with E-state index in [1.807, 2.05) is 0 Å². The molecule has 1 heterocycles. The Morgan fingerprint density at radius 1 is 1.71 bits per heavy atom. The van der Waals surface area contributed by atoms with E-state index in [1.54, 1.807) is 12.1 Å². The predicted octanol–water partition coefficient (Wildman–Crippen LogP) is 0.0782. The zero-order chi connectivity index (χ0) is 10.6. The maximum Gasteiger partial charge on any atom is 0.332 e. The molecule has 1 unspecified atom stereocenters. The molecule has 0 fully saturated rings. The number of carboxylic acids is 1. The highest BCUT2D eigenvalue weighted by atomic mass is 16.5. The molecule has 0 aliphatic carbocycles. The Labute approximate surface area is 81.0 Å². The average molecular weight is 197 g/mol. The van der Waals surface area contributed by atoms with Crippen molar-refractivity contribution in [1.82, 2.24) is 4.98 Å². The van der Waals surface area contributed by atoms with E-state index in [4.69, 9.17) is 14.9 Å². The fourth-order valence-corrected chi connectivity index (χ4v) is 1.000. The van der Waals surface area contributed by atoms with E-state index < -0.39 is 12.1 Å². The van der Waals surface area contributed by atoms with E-state index in [0.29, 0.717) is 11.4 Å². The lowest BCUT2D eigenvalue weighted by molar-refractivity contribution is -0.146. The van der Waals surface area contributed by atoms with Gasteiger partial charge in [0.05, 0.1) is 7.11 Å². The van der Waals surface area contributed by atoms with Crippen LogP contribution in [-0.4, -0.2) is 34.4 Å². The first kappa shape index (κ1) is 10.5. The number of hydrogen-bond donors (Lipinski definition) is 2. The number of hydrogen-bond acceptors (Lipinski definition) is 4. The minimum atomic E-state index is -1.39.